The van der Waals surface area contributed by atoms with Crippen molar-refractivity contribution in [2.24, 2.45) is 0 Å². The molecule has 0 spiro atoms. The van der Waals surface area contributed by atoms with Gasteiger partial charge in [0.15, 0.2) is 0 Å². The molecule has 1 heterocycles. The maximum absolute atomic E-state index is 10.9. The molecule has 1 aromatic heterocycles. The Morgan fingerprint density at radius 2 is 1.89 bits per heavy atom. The van der Waals surface area contributed by atoms with Gasteiger partial charge in [0, 0.05) is 6.20 Å². The summed E-state index contributed by atoms with van der Waals surface area (Å²) >= 11 is 0. The molecule has 0 amide bonds. The molecule has 94 valence electrons. The van der Waals surface area contributed by atoms with Crippen molar-refractivity contribution in [2.45, 2.75) is 18.9 Å². The number of methoxy groups -OCH3 is 1. The molecule has 0 saturated carbocycles. The topological polar surface area (TPSA) is 42.4 Å². The van der Waals surface area contributed by atoms with E-state index in [9.17, 15) is 5.11 Å². The molecule has 0 fully saturated rings. The molecule has 0 saturated heterocycles. The molecule has 0 aliphatic heterocycles. The first kappa shape index (κ1) is 12.6. The van der Waals surface area contributed by atoms with Gasteiger partial charge >= 0.3 is 0 Å². The van der Waals surface area contributed by atoms with Crippen LogP contribution in [0.4, 0.5) is 0 Å². The fourth-order valence-corrected chi connectivity index (χ4v) is 2.09. The smallest absolute Gasteiger partial charge is 0.143 e. The van der Waals surface area contributed by atoms with Gasteiger partial charge in [-0.1, -0.05) is 37.3 Å². The van der Waals surface area contributed by atoms with Crippen molar-refractivity contribution in [2.75, 3.05) is 7.11 Å². The van der Waals surface area contributed by atoms with E-state index in [-0.39, 0.29) is 0 Å². The summed E-state index contributed by atoms with van der Waals surface area (Å²) in [6.45, 7) is 1.93. The highest BCUT2D eigenvalue weighted by Crippen LogP contribution is 2.36. The predicted octanol–water partition coefficient (Wildman–Crippen LogP) is 2.74. The third-order valence-corrected chi connectivity index (χ3v) is 3.15. The zero-order chi connectivity index (χ0) is 13.0. The fraction of sp³-hybridized carbons (Fsp3) is 0.267. The van der Waals surface area contributed by atoms with Crippen LogP contribution in [0.2, 0.25) is 0 Å². The molecule has 3 nitrogen and oxygen atoms in total. The van der Waals surface area contributed by atoms with Gasteiger partial charge in [0.2, 0.25) is 0 Å². The summed E-state index contributed by atoms with van der Waals surface area (Å²) in [7, 11) is 1.58. The monoisotopic (exact) mass is 243 g/mol. The lowest BCUT2D eigenvalue weighted by atomic mass is 9.87. The van der Waals surface area contributed by atoms with Gasteiger partial charge < -0.3 is 9.84 Å². The average molecular weight is 243 g/mol. The van der Waals surface area contributed by atoms with E-state index in [1.165, 1.54) is 0 Å². The second-order valence-electron chi connectivity index (χ2n) is 4.13. The van der Waals surface area contributed by atoms with E-state index in [1.54, 1.807) is 19.4 Å². The zero-order valence-corrected chi connectivity index (χ0v) is 10.6. The molecule has 0 radical (unpaired) electrons. The minimum Gasteiger partial charge on any atom is -0.495 e. The van der Waals surface area contributed by atoms with Crippen LogP contribution < -0.4 is 4.74 Å². The first-order valence-corrected chi connectivity index (χ1v) is 5.99. The molecule has 3 heteroatoms. The highest BCUT2D eigenvalue weighted by molar-refractivity contribution is 5.40. The van der Waals surface area contributed by atoms with Gasteiger partial charge in [0.1, 0.15) is 17.0 Å². The highest BCUT2D eigenvalue weighted by Gasteiger charge is 2.33. The van der Waals surface area contributed by atoms with Crippen LogP contribution in [0, 0.1) is 0 Å². The largest absolute Gasteiger partial charge is 0.495 e. The van der Waals surface area contributed by atoms with Crippen LogP contribution in [-0.4, -0.2) is 17.2 Å². The lowest BCUT2D eigenvalue weighted by molar-refractivity contribution is 0.0688. The van der Waals surface area contributed by atoms with Crippen LogP contribution in [0.3, 0.4) is 0 Å². The zero-order valence-electron chi connectivity index (χ0n) is 10.6. The summed E-state index contributed by atoms with van der Waals surface area (Å²) in [5.74, 6) is 0.603. The van der Waals surface area contributed by atoms with Crippen LogP contribution in [0.5, 0.6) is 5.75 Å². The first-order chi connectivity index (χ1) is 8.72. The maximum Gasteiger partial charge on any atom is 0.143 e. The van der Waals surface area contributed by atoms with Gasteiger partial charge in [-0.15, -0.1) is 0 Å². The number of benzene rings is 1. The summed E-state index contributed by atoms with van der Waals surface area (Å²) in [6.07, 6.45) is 2.20. The molecule has 18 heavy (non-hydrogen) atoms. The Bertz CT molecular complexity index is 513. The number of hydrogen-bond acceptors (Lipinski definition) is 3. The van der Waals surface area contributed by atoms with Crippen molar-refractivity contribution < 1.29 is 9.84 Å². The Hall–Kier alpha value is -1.87. The standard InChI is InChI=1S/C15H17NO2/c1-3-15(17,12-8-5-4-6-9-12)14-13(18-2)10-7-11-16-14/h4-11,17H,3H2,1-2H3. The van der Waals surface area contributed by atoms with Crippen molar-refractivity contribution in [1.82, 2.24) is 4.98 Å². The Morgan fingerprint density at radius 3 is 2.50 bits per heavy atom. The van der Waals surface area contributed by atoms with Crippen LogP contribution in [0.15, 0.2) is 48.7 Å². The van der Waals surface area contributed by atoms with E-state index in [2.05, 4.69) is 4.98 Å². The predicted molar refractivity (Wildman–Crippen MR) is 70.5 cm³/mol. The summed E-state index contributed by atoms with van der Waals surface area (Å²) < 4.78 is 5.29. The lowest BCUT2D eigenvalue weighted by Gasteiger charge is -2.28. The van der Waals surface area contributed by atoms with Crippen molar-refractivity contribution in [3.8, 4) is 5.75 Å². The van der Waals surface area contributed by atoms with E-state index in [1.807, 2.05) is 43.3 Å². The Balaban J connectivity index is 2.57. The van der Waals surface area contributed by atoms with Gasteiger partial charge in [-0.25, -0.2) is 0 Å². The molecule has 0 aliphatic carbocycles. The minimum atomic E-state index is -1.12. The molecular weight excluding hydrogens is 226 g/mol. The lowest BCUT2D eigenvalue weighted by Crippen LogP contribution is -2.28. The SMILES string of the molecule is CCC(O)(c1ccccc1)c1ncccc1OC. The Morgan fingerprint density at radius 1 is 1.17 bits per heavy atom. The van der Waals surface area contributed by atoms with Gasteiger partial charge in [0.25, 0.3) is 0 Å². The van der Waals surface area contributed by atoms with Crippen LogP contribution in [-0.2, 0) is 5.60 Å². The highest BCUT2D eigenvalue weighted by atomic mass is 16.5. The van der Waals surface area contributed by atoms with E-state index >= 15 is 0 Å². The number of aliphatic hydroxyl groups is 1. The van der Waals surface area contributed by atoms with E-state index in [0.29, 0.717) is 17.9 Å². The van der Waals surface area contributed by atoms with E-state index in [4.69, 9.17) is 4.74 Å². The van der Waals surface area contributed by atoms with E-state index < -0.39 is 5.60 Å². The van der Waals surface area contributed by atoms with Crippen LogP contribution in [0.25, 0.3) is 0 Å². The minimum absolute atomic E-state index is 0.532. The molecule has 1 N–H and O–H groups in total. The first-order valence-electron chi connectivity index (χ1n) is 5.99. The number of hydrogen-bond donors (Lipinski definition) is 1. The number of nitrogens with zero attached hydrogens (tertiary/aromatic N) is 1. The summed E-state index contributed by atoms with van der Waals surface area (Å²) in [5, 5.41) is 10.9. The van der Waals surface area contributed by atoms with Crippen molar-refractivity contribution >= 4 is 0 Å². The maximum atomic E-state index is 10.9. The summed E-state index contributed by atoms with van der Waals surface area (Å²) in [6, 6.07) is 13.1. The molecule has 2 aromatic rings. The molecular formula is C15H17NO2. The second-order valence-corrected chi connectivity index (χ2v) is 4.13. The van der Waals surface area contributed by atoms with Crippen LogP contribution >= 0.6 is 0 Å². The van der Waals surface area contributed by atoms with Gasteiger partial charge in [-0.05, 0) is 24.1 Å². The summed E-state index contributed by atoms with van der Waals surface area (Å²) in [5.41, 5.74) is 0.263. The average Bonchev–Trinajstić information content (AvgIpc) is 2.47. The van der Waals surface area contributed by atoms with Crippen molar-refractivity contribution in [1.29, 1.82) is 0 Å². The van der Waals surface area contributed by atoms with Crippen molar-refractivity contribution in [3.05, 3.63) is 59.9 Å². The number of pyridine rings is 1. The Kier molecular flexibility index (Phi) is 3.63. The molecule has 2 rings (SSSR count). The molecule has 0 bridgehead atoms. The molecule has 0 aliphatic rings. The van der Waals surface area contributed by atoms with Gasteiger partial charge in [-0.2, -0.15) is 0 Å². The Labute approximate surface area is 107 Å². The number of rotatable bonds is 4. The second kappa shape index (κ2) is 5.19. The molecule has 1 unspecified atom stereocenters. The third-order valence-electron chi connectivity index (χ3n) is 3.15. The molecule has 1 aromatic carbocycles. The van der Waals surface area contributed by atoms with Gasteiger partial charge in [-0.3, -0.25) is 4.98 Å². The number of aromatic nitrogens is 1. The third kappa shape index (κ3) is 2.09. The van der Waals surface area contributed by atoms with Crippen LogP contribution in [0.1, 0.15) is 24.6 Å². The van der Waals surface area contributed by atoms with E-state index in [0.717, 1.165) is 5.56 Å². The quantitative estimate of drug-likeness (QED) is 0.897. The normalized spacial score (nSPS) is 13.9. The molecule has 1 atom stereocenters. The summed E-state index contributed by atoms with van der Waals surface area (Å²) in [4.78, 5) is 4.29. The number of ether oxygens (including phenoxy) is 1. The van der Waals surface area contributed by atoms with Gasteiger partial charge in [0.05, 0.1) is 7.11 Å². The van der Waals surface area contributed by atoms with Crippen molar-refractivity contribution in [3.63, 3.8) is 0 Å². The fourth-order valence-electron chi connectivity index (χ4n) is 2.09.